The number of carboxylic acid groups (broad SMARTS) is 1. The standard InChI is InChI=1S/C26H31FN2O3S2/c1-32-20-5-7-24-22(16-20)21(8-10-28-24)23(27)6-4-18-9-11-29(17-19(18)15-25(30)31)12-14-34-26-3-2-13-33-26/h2-3,5,7-8,10,13,16,18-19,23H,4,6,9,11-12,14-15,17H2,1H3,(H,30,31)/t18-,19-,23?/m1/s1. The number of hydrogen-bond donors (Lipinski definition) is 1. The minimum atomic E-state index is -1.12. The van der Waals surface area contributed by atoms with Crippen molar-refractivity contribution < 1.29 is 19.0 Å². The number of alkyl halides is 1. The molecule has 3 aromatic rings. The van der Waals surface area contributed by atoms with Crippen LogP contribution in [-0.4, -0.2) is 53.5 Å². The highest BCUT2D eigenvalue weighted by molar-refractivity contribution is 8.01. The first-order valence-electron chi connectivity index (χ1n) is 11.7. The minimum absolute atomic E-state index is 0.0551. The molecule has 0 radical (unpaired) electrons. The number of hydrogen-bond acceptors (Lipinski definition) is 6. The molecule has 5 nitrogen and oxygen atoms in total. The van der Waals surface area contributed by atoms with Crippen molar-refractivity contribution >= 4 is 40.0 Å². The van der Waals surface area contributed by atoms with E-state index in [2.05, 4.69) is 27.4 Å². The molecule has 1 aromatic carbocycles. The first kappa shape index (κ1) is 24.9. The second kappa shape index (κ2) is 12.0. The van der Waals surface area contributed by atoms with E-state index in [4.69, 9.17) is 4.74 Å². The molecule has 1 N–H and O–H groups in total. The van der Waals surface area contributed by atoms with Gasteiger partial charge in [-0.15, -0.1) is 23.1 Å². The summed E-state index contributed by atoms with van der Waals surface area (Å²) in [6, 6.07) is 11.4. The van der Waals surface area contributed by atoms with Gasteiger partial charge in [0.25, 0.3) is 0 Å². The lowest BCUT2D eigenvalue weighted by Crippen LogP contribution is -2.42. The fraction of sp³-hybridized carbons (Fsp3) is 0.462. The van der Waals surface area contributed by atoms with Crippen molar-refractivity contribution in [2.75, 3.05) is 32.5 Å². The second-order valence-corrected chi connectivity index (χ2v) is 11.2. The predicted octanol–water partition coefficient (Wildman–Crippen LogP) is 6.30. The number of ether oxygens (including phenoxy) is 1. The number of fused-ring (bicyclic) bond motifs is 1. The maximum Gasteiger partial charge on any atom is 0.303 e. The summed E-state index contributed by atoms with van der Waals surface area (Å²) in [5, 5.41) is 12.3. The first-order valence-corrected chi connectivity index (χ1v) is 13.6. The Balaban J connectivity index is 1.35. The third kappa shape index (κ3) is 6.49. The Morgan fingerprint density at radius 2 is 2.24 bits per heavy atom. The number of piperidine rings is 1. The molecule has 1 fully saturated rings. The van der Waals surface area contributed by atoms with Crippen molar-refractivity contribution in [2.45, 2.75) is 36.1 Å². The van der Waals surface area contributed by atoms with E-state index in [1.807, 2.05) is 30.0 Å². The van der Waals surface area contributed by atoms with E-state index >= 15 is 4.39 Å². The molecule has 4 rings (SSSR count). The zero-order chi connectivity index (χ0) is 23.9. The van der Waals surface area contributed by atoms with Crippen molar-refractivity contribution in [3.63, 3.8) is 0 Å². The number of methoxy groups -OCH3 is 1. The third-order valence-electron chi connectivity index (χ3n) is 6.67. The van der Waals surface area contributed by atoms with Crippen LogP contribution in [-0.2, 0) is 4.79 Å². The maximum absolute atomic E-state index is 15.4. The minimum Gasteiger partial charge on any atom is -0.497 e. The van der Waals surface area contributed by atoms with Crippen LogP contribution in [0.2, 0.25) is 0 Å². The summed E-state index contributed by atoms with van der Waals surface area (Å²) in [7, 11) is 1.60. The lowest BCUT2D eigenvalue weighted by Gasteiger charge is -2.38. The molecular weight excluding hydrogens is 471 g/mol. The summed E-state index contributed by atoms with van der Waals surface area (Å²) in [6.07, 6.45) is 2.65. The van der Waals surface area contributed by atoms with Gasteiger partial charge < -0.3 is 14.7 Å². The molecule has 3 heterocycles. The van der Waals surface area contributed by atoms with E-state index in [0.29, 0.717) is 24.2 Å². The molecule has 0 aliphatic carbocycles. The van der Waals surface area contributed by atoms with Crippen LogP contribution in [0.3, 0.4) is 0 Å². The quantitative estimate of drug-likeness (QED) is 0.311. The van der Waals surface area contributed by atoms with Crippen molar-refractivity contribution in [3.05, 3.63) is 53.5 Å². The van der Waals surface area contributed by atoms with Gasteiger partial charge in [-0.3, -0.25) is 9.78 Å². The number of carboxylic acids is 1. The average Bonchev–Trinajstić information content (AvgIpc) is 3.36. The fourth-order valence-corrected chi connectivity index (χ4v) is 6.74. The highest BCUT2D eigenvalue weighted by atomic mass is 32.2. The number of halogens is 1. The highest BCUT2D eigenvalue weighted by Gasteiger charge is 2.31. The molecule has 1 saturated heterocycles. The van der Waals surface area contributed by atoms with Gasteiger partial charge in [-0.05, 0) is 78.9 Å². The molecule has 0 saturated carbocycles. The van der Waals surface area contributed by atoms with E-state index in [1.54, 1.807) is 30.7 Å². The normalized spacial score (nSPS) is 19.8. The fourth-order valence-electron chi connectivity index (χ4n) is 4.88. The summed E-state index contributed by atoms with van der Waals surface area (Å²) < 4.78 is 22.0. The van der Waals surface area contributed by atoms with Crippen LogP contribution in [0.4, 0.5) is 4.39 Å². The van der Waals surface area contributed by atoms with Gasteiger partial charge in [0.05, 0.1) is 16.8 Å². The topological polar surface area (TPSA) is 62.7 Å². The largest absolute Gasteiger partial charge is 0.497 e. The van der Waals surface area contributed by atoms with E-state index in [0.717, 1.165) is 42.7 Å². The van der Waals surface area contributed by atoms with Crippen LogP contribution >= 0.6 is 23.1 Å². The number of rotatable bonds is 11. The summed E-state index contributed by atoms with van der Waals surface area (Å²) >= 11 is 3.60. The van der Waals surface area contributed by atoms with E-state index in [-0.39, 0.29) is 18.3 Å². The number of thioether (sulfide) groups is 1. The SMILES string of the molecule is COc1ccc2nccc(C(F)CC[C@@H]3CCN(CCSc4cccs4)C[C@H]3CC(=O)O)c2c1. The molecule has 8 heteroatoms. The molecule has 2 aromatic heterocycles. The van der Waals surface area contributed by atoms with Crippen molar-refractivity contribution in [1.29, 1.82) is 0 Å². The van der Waals surface area contributed by atoms with Crippen molar-refractivity contribution in [1.82, 2.24) is 9.88 Å². The zero-order valence-electron chi connectivity index (χ0n) is 19.4. The number of nitrogens with zero attached hydrogens (tertiary/aromatic N) is 2. The summed E-state index contributed by atoms with van der Waals surface area (Å²) in [6.45, 7) is 2.66. The zero-order valence-corrected chi connectivity index (χ0v) is 21.0. The van der Waals surface area contributed by atoms with Gasteiger partial charge in [-0.2, -0.15) is 0 Å². The molecule has 182 valence electrons. The number of benzene rings is 1. The Morgan fingerprint density at radius 3 is 3.00 bits per heavy atom. The van der Waals surface area contributed by atoms with Gasteiger partial charge in [-0.1, -0.05) is 6.07 Å². The molecule has 3 atom stereocenters. The first-order chi connectivity index (χ1) is 16.5. The molecule has 0 amide bonds. The average molecular weight is 503 g/mol. The van der Waals surface area contributed by atoms with Crippen LogP contribution in [0.25, 0.3) is 10.9 Å². The summed E-state index contributed by atoms with van der Waals surface area (Å²) in [5.74, 6) is 1.18. The smallest absolute Gasteiger partial charge is 0.303 e. The van der Waals surface area contributed by atoms with Gasteiger partial charge >= 0.3 is 5.97 Å². The van der Waals surface area contributed by atoms with Gasteiger partial charge in [0.2, 0.25) is 0 Å². The van der Waals surface area contributed by atoms with E-state index in [1.165, 1.54) is 4.21 Å². The van der Waals surface area contributed by atoms with Crippen LogP contribution in [0, 0.1) is 11.8 Å². The van der Waals surface area contributed by atoms with E-state index in [9.17, 15) is 9.90 Å². The highest BCUT2D eigenvalue weighted by Crippen LogP contribution is 2.36. The Bertz CT molecular complexity index is 1080. The lowest BCUT2D eigenvalue weighted by molar-refractivity contribution is -0.139. The number of likely N-dealkylation sites (tertiary alicyclic amines) is 1. The molecule has 1 unspecified atom stereocenters. The van der Waals surface area contributed by atoms with Crippen LogP contribution in [0.15, 0.2) is 52.2 Å². The third-order valence-corrected chi connectivity index (χ3v) is 8.78. The summed E-state index contributed by atoms with van der Waals surface area (Å²) in [5.41, 5.74) is 1.38. The van der Waals surface area contributed by atoms with Crippen molar-refractivity contribution in [2.24, 2.45) is 11.8 Å². The van der Waals surface area contributed by atoms with Gasteiger partial charge in [0.15, 0.2) is 0 Å². The van der Waals surface area contributed by atoms with Crippen LogP contribution < -0.4 is 4.74 Å². The van der Waals surface area contributed by atoms with Crippen LogP contribution in [0.1, 0.15) is 37.4 Å². The number of aromatic nitrogens is 1. The monoisotopic (exact) mass is 502 g/mol. The molecule has 0 spiro atoms. The second-order valence-electron chi connectivity index (χ2n) is 8.82. The Labute approximate surface area is 208 Å². The molecular formula is C26H31FN2O3S2. The Morgan fingerprint density at radius 1 is 1.35 bits per heavy atom. The van der Waals surface area contributed by atoms with Crippen molar-refractivity contribution in [3.8, 4) is 5.75 Å². The molecule has 1 aliphatic heterocycles. The van der Waals surface area contributed by atoms with Gasteiger partial charge in [0.1, 0.15) is 11.9 Å². The molecule has 0 bridgehead atoms. The molecule has 1 aliphatic rings. The van der Waals surface area contributed by atoms with Gasteiger partial charge in [0, 0.05) is 36.8 Å². The number of carbonyl (C=O) groups is 1. The van der Waals surface area contributed by atoms with Crippen LogP contribution in [0.5, 0.6) is 5.75 Å². The lowest BCUT2D eigenvalue weighted by atomic mass is 9.79. The number of aliphatic carboxylic acids is 1. The number of thiophene rings is 1. The maximum atomic E-state index is 15.4. The predicted molar refractivity (Wildman–Crippen MR) is 137 cm³/mol. The van der Waals surface area contributed by atoms with E-state index < -0.39 is 12.1 Å². The molecule has 34 heavy (non-hydrogen) atoms. The Kier molecular flexibility index (Phi) is 8.80. The van der Waals surface area contributed by atoms with Gasteiger partial charge in [-0.25, -0.2) is 4.39 Å². The Hall–Kier alpha value is -2.16. The summed E-state index contributed by atoms with van der Waals surface area (Å²) in [4.78, 5) is 18.3. The number of pyridine rings is 1.